The molecular formula is C12H8F3N3O2. The molecular weight excluding hydrogens is 275 g/mol. The number of aromatic nitrogens is 2. The van der Waals surface area contributed by atoms with E-state index >= 15 is 0 Å². The first-order valence-electron chi connectivity index (χ1n) is 5.37. The van der Waals surface area contributed by atoms with Gasteiger partial charge in [-0.2, -0.15) is 13.2 Å². The van der Waals surface area contributed by atoms with Gasteiger partial charge in [-0.1, -0.05) is 0 Å². The molecule has 0 spiro atoms. The Morgan fingerprint density at radius 1 is 1.15 bits per heavy atom. The predicted octanol–water partition coefficient (Wildman–Crippen LogP) is 2.94. The lowest BCUT2D eigenvalue weighted by Crippen LogP contribution is -2.10. The Bertz CT molecular complexity index is 627. The smallest absolute Gasteiger partial charge is 0.433 e. The molecule has 0 radical (unpaired) electrons. The highest BCUT2D eigenvalue weighted by Crippen LogP contribution is 2.28. The minimum absolute atomic E-state index is 0.0699. The lowest BCUT2D eigenvalue weighted by Gasteiger charge is -2.08. The molecule has 5 nitrogen and oxygen atoms in total. The first-order chi connectivity index (χ1) is 9.36. The van der Waals surface area contributed by atoms with Crippen LogP contribution in [-0.4, -0.2) is 21.0 Å². The fraction of sp³-hybridized carbons (Fsp3) is 0.0833. The van der Waals surface area contributed by atoms with Crippen molar-refractivity contribution in [1.82, 2.24) is 9.97 Å². The normalized spacial score (nSPS) is 11.2. The molecule has 0 amide bonds. The van der Waals surface area contributed by atoms with Gasteiger partial charge in [0.1, 0.15) is 5.69 Å². The van der Waals surface area contributed by atoms with Gasteiger partial charge in [0.25, 0.3) is 0 Å². The highest BCUT2D eigenvalue weighted by molar-refractivity contribution is 5.88. The van der Waals surface area contributed by atoms with Gasteiger partial charge in [0.15, 0.2) is 0 Å². The van der Waals surface area contributed by atoms with Crippen molar-refractivity contribution in [3.05, 3.63) is 47.8 Å². The highest BCUT2D eigenvalue weighted by Gasteiger charge is 2.32. The molecule has 1 heterocycles. The molecule has 0 aliphatic carbocycles. The Kier molecular flexibility index (Phi) is 3.55. The SMILES string of the molecule is O=C(O)c1ccc(Nc2nccc(C(F)(F)F)n2)cc1. The van der Waals surface area contributed by atoms with Gasteiger partial charge in [-0.15, -0.1) is 0 Å². The van der Waals surface area contributed by atoms with E-state index in [4.69, 9.17) is 5.11 Å². The Morgan fingerprint density at radius 3 is 2.35 bits per heavy atom. The maximum Gasteiger partial charge on any atom is 0.433 e. The average molecular weight is 283 g/mol. The number of rotatable bonds is 3. The summed E-state index contributed by atoms with van der Waals surface area (Å²) in [5, 5.41) is 11.3. The van der Waals surface area contributed by atoms with Crippen molar-refractivity contribution in [2.45, 2.75) is 6.18 Å². The summed E-state index contributed by atoms with van der Waals surface area (Å²) in [6, 6.07) is 6.22. The molecule has 1 aromatic carbocycles. The summed E-state index contributed by atoms with van der Waals surface area (Å²) in [4.78, 5) is 17.7. The maximum absolute atomic E-state index is 12.5. The van der Waals surface area contributed by atoms with E-state index < -0.39 is 17.8 Å². The van der Waals surface area contributed by atoms with Gasteiger partial charge in [-0.05, 0) is 30.3 Å². The van der Waals surface area contributed by atoms with E-state index in [0.29, 0.717) is 5.69 Å². The summed E-state index contributed by atoms with van der Waals surface area (Å²) < 4.78 is 37.4. The van der Waals surface area contributed by atoms with Crippen LogP contribution >= 0.6 is 0 Å². The van der Waals surface area contributed by atoms with Gasteiger partial charge in [0, 0.05) is 11.9 Å². The third kappa shape index (κ3) is 3.22. The summed E-state index contributed by atoms with van der Waals surface area (Å²) >= 11 is 0. The summed E-state index contributed by atoms with van der Waals surface area (Å²) in [5.41, 5.74) is -0.605. The van der Waals surface area contributed by atoms with Crippen LogP contribution < -0.4 is 5.32 Å². The van der Waals surface area contributed by atoms with Crippen molar-refractivity contribution in [2.24, 2.45) is 0 Å². The van der Waals surface area contributed by atoms with Crippen LogP contribution in [0, 0.1) is 0 Å². The van der Waals surface area contributed by atoms with Crippen molar-refractivity contribution >= 4 is 17.6 Å². The molecule has 0 aliphatic heterocycles. The average Bonchev–Trinajstić information content (AvgIpc) is 2.38. The lowest BCUT2D eigenvalue weighted by atomic mass is 10.2. The summed E-state index contributed by atoms with van der Waals surface area (Å²) in [6.45, 7) is 0. The third-order valence-corrected chi connectivity index (χ3v) is 2.33. The molecule has 0 bridgehead atoms. The Hall–Kier alpha value is -2.64. The second kappa shape index (κ2) is 5.16. The largest absolute Gasteiger partial charge is 0.478 e. The number of hydrogen-bond donors (Lipinski definition) is 2. The van der Waals surface area contributed by atoms with E-state index in [0.717, 1.165) is 12.3 Å². The number of alkyl halides is 3. The number of nitrogens with zero attached hydrogens (tertiary/aromatic N) is 2. The predicted molar refractivity (Wildman–Crippen MR) is 63.7 cm³/mol. The third-order valence-electron chi connectivity index (χ3n) is 2.33. The van der Waals surface area contributed by atoms with Gasteiger partial charge < -0.3 is 10.4 Å². The molecule has 2 aromatic rings. The second-order valence-corrected chi connectivity index (χ2v) is 3.77. The van der Waals surface area contributed by atoms with Crippen LogP contribution in [0.15, 0.2) is 36.5 Å². The zero-order valence-electron chi connectivity index (χ0n) is 9.85. The molecule has 1 aromatic heterocycles. The van der Waals surface area contributed by atoms with Crippen molar-refractivity contribution in [3.8, 4) is 0 Å². The van der Waals surface area contributed by atoms with Gasteiger partial charge in [0.2, 0.25) is 5.95 Å². The van der Waals surface area contributed by atoms with E-state index in [1.807, 2.05) is 0 Å². The number of aromatic carboxylic acids is 1. The molecule has 0 fully saturated rings. The molecule has 0 saturated heterocycles. The van der Waals surface area contributed by atoms with Gasteiger partial charge in [-0.3, -0.25) is 0 Å². The van der Waals surface area contributed by atoms with Gasteiger partial charge in [-0.25, -0.2) is 14.8 Å². The number of carboxylic acids is 1. The lowest BCUT2D eigenvalue weighted by molar-refractivity contribution is -0.141. The van der Waals surface area contributed by atoms with Crippen molar-refractivity contribution < 1.29 is 23.1 Å². The number of hydrogen-bond acceptors (Lipinski definition) is 4. The zero-order chi connectivity index (χ0) is 14.8. The minimum atomic E-state index is -4.55. The molecule has 0 saturated carbocycles. The molecule has 0 unspecified atom stereocenters. The fourth-order valence-corrected chi connectivity index (χ4v) is 1.40. The van der Waals surface area contributed by atoms with E-state index in [1.165, 1.54) is 24.3 Å². The first kappa shape index (κ1) is 13.8. The number of halogens is 3. The van der Waals surface area contributed by atoms with Crippen molar-refractivity contribution in [1.29, 1.82) is 0 Å². The fourth-order valence-electron chi connectivity index (χ4n) is 1.40. The number of carbonyl (C=O) groups is 1. The minimum Gasteiger partial charge on any atom is -0.478 e. The number of anilines is 2. The Balaban J connectivity index is 2.20. The number of benzene rings is 1. The summed E-state index contributed by atoms with van der Waals surface area (Å²) in [6.07, 6.45) is -3.56. The molecule has 2 N–H and O–H groups in total. The molecule has 8 heteroatoms. The van der Waals surface area contributed by atoms with Crippen LogP contribution in [-0.2, 0) is 6.18 Å². The van der Waals surface area contributed by atoms with Gasteiger partial charge in [0.05, 0.1) is 5.56 Å². The molecule has 0 atom stereocenters. The van der Waals surface area contributed by atoms with Crippen molar-refractivity contribution in [2.75, 3.05) is 5.32 Å². The van der Waals surface area contributed by atoms with E-state index in [9.17, 15) is 18.0 Å². The summed E-state index contributed by atoms with van der Waals surface area (Å²) in [7, 11) is 0. The first-order valence-corrected chi connectivity index (χ1v) is 5.37. The van der Waals surface area contributed by atoms with Crippen LogP contribution in [0.1, 0.15) is 16.1 Å². The van der Waals surface area contributed by atoms with Crippen LogP contribution in [0.2, 0.25) is 0 Å². The second-order valence-electron chi connectivity index (χ2n) is 3.77. The number of nitrogens with one attached hydrogen (secondary N) is 1. The molecule has 2 rings (SSSR count). The zero-order valence-corrected chi connectivity index (χ0v) is 9.85. The van der Waals surface area contributed by atoms with Gasteiger partial charge >= 0.3 is 12.1 Å². The Morgan fingerprint density at radius 2 is 1.80 bits per heavy atom. The van der Waals surface area contributed by atoms with Crippen molar-refractivity contribution in [3.63, 3.8) is 0 Å². The monoisotopic (exact) mass is 283 g/mol. The van der Waals surface area contributed by atoms with Crippen LogP contribution in [0.5, 0.6) is 0 Å². The standard InChI is InChI=1S/C12H8F3N3O2/c13-12(14,15)9-5-6-16-11(18-9)17-8-3-1-7(2-4-8)10(19)20/h1-6H,(H,19,20)(H,16,17,18). The van der Waals surface area contributed by atoms with E-state index in [-0.39, 0.29) is 11.5 Å². The van der Waals surface area contributed by atoms with Crippen LogP contribution in [0.25, 0.3) is 0 Å². The highest BCUT2D eigenvalue weighted by atomic mass is 19.4. The number of carboxylic acid groups (broad SMARTS) is 1. The molecule has 104 valence electrons. The van der Waals surface area contributed by atoms with E-state index in [2.05, 4.69) is 15.3 Å². The van der Waals surface area contributed by atoms with Crippen LogP contribution in [0.4, 0.5) is 24.8 Å². The topological polar surface area (TPSA) is 75.1 Å². The summed E-state index contributed by atoms with van der Waals surface area (Å²) in [5.74, 6) is -1.31. The quantitative estimate of drug-likeness (QED) is 0.905. The molecule has 20 heavy (non-hydrogen) atoms. The maximum atomic E-state index is 12.5. The van der Waals surface area contributed by atoms with Crippen LogP contribution in [0.3, 0.4) is 0 Å². The Labute approximate surface area is 111 Å². The molecule has 0 aliphatic rings. The van der Waals surface area contributed by atoms with E-state index in [1.54, 1.807) is 0 Å².